The lowest BCUT2D eigenvalue weighted by molar-refractivity contribution is 0.0583. The molecule has 2 aromatic carbocycles. The number of carbonyl (C=O) groups excluding carboxylic acids is 1. The second-order valence-electron chi connectivity index (χ2n) is 7.15. The number of hydrogen-bond donors (Lipinski definition) is 0. The van der Waals surface area contributed by atoms with Gasteiger partial charge in [0.15, 0.2) is 0 Å². The van der Waals surface area contributed by atoms with Gasteiger partial charge in [-0.3, -0.25) is 9.69 Å². The molecule has 0 atom stereocenters. The van der Waals surface area contributed by atoms with Crippen molar-refractivity contribution in [3.63, 3.8) is 0 Å². The van der Waals surface area contributed by atoms with Crippen molar-refractivity contribution >= 4 is 18.1 Å². The van der Waals surface area contributed by atoms with Crippen LogP contribution in [0, 0.1) is 4.84 Å². The molecule has 8 nitrogen and oxygen atoms in total. The van der Waals surface area contributed by atoms with Gasteiger partial charge in [-0.2, -0.15) is 0 Å². The first-order valence-electron chi connectivity index (χ1n) is 9.96. The molecule has 162 valence electrons. The molecule has 0 bridgehead atoms. The van der Waals surface area contributed by atoms with E-state index < -0.39 is 0 Å². The summed E-state index contributed by atoms with van der Waals surface area (Å²) in [6.45, 7) is 3.22. The van der Waals surface area contributed by atoms with Crippen LogP contribution in [0.4, 0.5) is 0 Å². The van der Waals surface area contributed by atoms with Gasteiger partial charge in [0.1, 0.15) is 11.5 Å². The molecule has 31 heavy (non-hydrogen) atoms. The van der Waals surface area contributed by atoms with Gasteiger partial charge in [-0.15, -0.1) is 5.10 Å². The zero-order valence-corrected chi connectivity index (χ0v) is 18.3. The highest BCUT2D eigenvalue weighted by atomic mass is 32.1. The average molecular weight is 441 g/mol. The quantitative estimate of drug-likeness (QED) is 0.545. The van der Waals surface area contributed by atoms with E-state index in [0.29, 0.717) is 41.8 Å². The predicted molar refractivity (Wildman–Crippen MR) is 118 cm³/mol. The Morgan fingerprint density at radius 1 is 1.03 bits per heavy atom. The lowest BCUT2D eigenvalue weighted by Crippen LogP contribution is -2.49. The van der Waals surface area contributed by atoms with E-state index in [4.69, 9.17) is 26.1 Å². The van der Waals surface area contributed by atoms with E-state index in [1.807, 2.05) is 29.2 Å². The number of hydrogen-bond acceptors (Lipinski definition) is 7. The Balaban J connectivity index is 1.38. The molecule has 1 fully saturated rings. The van der Waals surface area contributed by atoms with Crippen LogP contribution >= 0.6 is 12.2 Å². The first kappa shape index (κ1) is 21.1. The molecule has 1 saturated heterocycles. The maximum absolute atomic E-state index is 12.7. The van der Waals surface area contributed by atoms with Crippen LogP contribution in [0.15, 0.2) is 52.9 Å². The average Bonchev–Trinajstić information content (AvgIpc) is 3.19. The number of piperazine rings is 1. The molecule has 0 saturated carbocycles. The molecule has 0 radical (unpaired) electrons. The van der Waals surface area contributed by atoms with E-state index in [1.165, 1.54) is 0 Å². The molecule has 4 rings (SSSR count). The summed E-state index contributed by atoms with van der Waals surface area (Å²) in [5.74, 6) is 1.87. The van der Waals surface area contributed by atoms with Gasteiger partial charge in [0.25, 0.3) is 16.6 Å². The maximum Gasteiger partial charge on any atom is 0.288 e. The molecule has 0 aliphatic carbocycles. The number of carbonyl (C=O) groups is 1. The van der Waals surface area contributed by atoms with Gasteiger partial charge in [0.2, 0.25) is 0 Å². The lowest BCUT2D eigenvalue weighted by atomic mass is 10.1. The van der Waals surface area contributed by atoms with Crippen molar-refractivity contribution in [1.29, 1.82) is 0 Å². The largest absolute Gasteiger partial charge is 0.497 e. The molecule has 3 aromatic rings. The van der Waals surface area contributed by atoms with Gasteiger partial charge in [0, 0.05) is 31.7 Å². The third-order valence-electron chi connectivity index (χ3n) is 5.27. The number of nitrogens with zero attached hydrogens (tertiary/aromatic N) is 4. The molecular formula is C22H24N4O4S. The van der Waals surface area contributed by atoms with Gasteiger partial charge < -0.3 is 18.8 Å². The Kier molecular flexibility index (Phi) is 6.34. The second-order valence-corrected chi connectivity index (χ2v) is 7.50. The number of para-hydroxylation sites is 1. The zero-order valence-electron chi connectivity index (χ0n) is 17.5. The number of methoxy groups -OCH3 is 2. The number of benzene rings is 2. The molecule has 2 heterocycles. The van der Waals surface area contributed by atoms with Crippen LogP contribution in [0.5, 0.6) is 11.5 Å². The first-order valence-corrected chi connectivity index (χ1v) is 10.4. The highest BCUT2D eigenvalue weighted by molar-refractivity contribution is 7.71. The van der Waals surface area contributed by atoms with Gasteiger partial charge in [0.05, 0.1) is 26.5 Å². The fourth-order valence-electron chi connectivity index (χ4n) is 3.52. The van der Waals surface area contributed by atoms with Crippen LogP contribution in [-0.2, 0) is 6.67 Å². The molecule has 1 amide bonds. The molecule has 0 N–H and O–H groups in total. The molecule has 9 heteroatoms. The predicted octanol–water partition coefficient (Wildman–Crippen LogP) is 3.31. The topological polar surface area (TPSA) is 73.0 Å². The molecular weight excluding hydrogens is 416 g/mol. The number of ether oxygens (including phenoxy) is 2. The standard InChI is InChI=1S/C22H24N4O4S/c1-28-17-9-7-16(8-10-17)21(27)25-13-11-24(12-14-25)15-26-22(31)30-20(23-26)18-5-3-4-6-19(18)29-2/h3-10H,11-15H2,1-2H3. The fraction of sp³-hybridized carbons (Fsp3) is 0.318. The second kappa shape index (κ2) is 9.32. The van der Waals surface area contributed by atoms with E-state index in [-0.39, 0.29) is 5.91 Å². The summed E-state index contributed by atoms with van der Waals surface area (Å²) in [5, 5.41) is 4.53. The van der Waals surface area contributed by atoms with Crippen molar-refractivity contribution in [2.45, 2.75) is 6.67 Å². The fourth-order valence-corrected chi connectivity index (χ4v) is 3.70. The molecule has 0 spiro atoms. The highest BCUT2D eigenvalue weighted by Gasteiger charge is 2.23. The summed E-state index contributed by atoms with van der Waals surface area (Å²) in [7, 11) is 3.22. The van der Waals surface area contributed by atoms with Gasteiger partial charge in [-0.1, -0.05) is 12.1 Å². The zero-order chi connectivity index (χ0) is 21.8. The van der Waals surface area contributed by atoms with Crippen molar-refractivity contribution in [2.24, 2.45) is 0 Å². The van der Waals surface area contributed by atoms with Crippen molar-refractivity contribution in [1.82, 2.24) is 19.6 Å². The van der Waals surface area contributed by atoms with E-state index in [9.17, 15) is 4.79 Å². The van der Waals surface area contributed by atoms with Crippen LogP contribution in [0.1, 0.15) is 10.4 Å². The van der Waals surface area contributed by atoms with Crippen molar-refractivity contribution < 1.29 is 18.7 Å². The van der Waals surface area contributed by atoms with Crippen LogP contribution in [0.25, 0.3) is 11.5 Å². The summed E-state index contributed by atoms with van der Waals surface area (Å²) < 4.78 is 17.9. The Bertz CT molecular complexity index is 1100. The monoisotopic (exact) mass is 440 g/mol. The minimum atomic E-state index is 0.0267. The first-order chi connectivity index (χ1) is 15.1. The van der Waals surface area contributed by atoms with Gasteiger partial charge >= 0.3 is 0 Å². The van der Waals surface area contributed by atoms with E-state index in [2.05, 4.69) is 10.00 Å². The number of amides is 1. The minimum Gasteiger partial charge on any atom is -0.497 e. The summed E-state index contributed by atoms with van der Waals surface area (Å²) >= 11 is 5.36. The summed E-state index contributed by atoms with van der Waals surface area (Å²) in [4.78, 5) is 17.1. The number of aromatic nitrogens is 2. The van der Waals surface area contributed by atoms with Crippen LogP contribution in [0.2, 0.25) is 0 Å². The van der Waals surface area contributed by atoms with Crippen molar-refractivity contribution in [3.05, 3.63) is 58.9 Å². The third kappa shape index (κ3) is 4.62. The Morgan fingerprint density at radius 2 is 1.74 bits per heavy atom. The Morgan fingerprint density at radius 3 is 2.42 bits per heavy atom. The van der Waals surface area contributed by atoms with E-state index in [0.717, 1.165) is 24.4 Å². The molecule has 1 aliphatic heterocycles. The molecule has 1 aliphatic rings. The molecule has 0 unspecified atom stereocenters. The van der Waals surface area contributed by atoms with Crippen LogP contribution in [-0.4, -0.2) is 65.9 Å². The van der Waals surface area contributed by atoms with Gasteiger partial charge in [-0.25, -0.2) is 4.68 Å². The number of rotatable bonds is 6. The van der Waals surface area contributed by atoms with E-state index in [1.54, 1.807) is 43.2 Å². The smallest absolute Gasteiger partial charge is 0.288 e. The van der Waals surface area contributed by atoms with Crippen LogP contribution in [0.3, 0.4) is 0 Å². The Labute approximate surface area is 185 Å². The Hall–Kier alpha value is -3.17. The summed E-state index contributed by atoms with van der Waals surface area (Å²) in [6.07, 6.45) is 0. The highest BCUT2D eigenvalue weighted by Crippen LogP contribution is 2.28. The van der Waals surface area contributed by atoms with Crippen LogP contribution < -0.4 is 9.47 Å². The minimum absolute atomic E-state index is 0.0267. The summed E-state index contributed by atoms with van der Waals surface area (Å²) in [6, 6.07) is 14.7. The van der Waals surface area contributed by atoms with Crippen molar-refractivity contribution in [3.8, 4) is 23.0 Å². The SMILES string of the molecule is COc1ccc(C(=O)N2CCN(Cn3nc(-c4ccccc4OC)oc3=S)CC2)cc1. The normalized spacial score (nSPS) is 14.5. The maximum atomic E-state index is 12.7. The third-order valence-corrected chi connectivity index (χ3v) is 5.57. The lowest BCUT2D eigenvalue weighted by Gasteiger charge is -2.34. The van der Waals surface area contributed by atoms with Gasteiger partial charge in [-0.05, 0) is 48.6 Å². The summed E-state index contributed by atoms with van der Waals surface area (Å²) in [5.41, 5.74) is 1.42. The van der Waals surface area contributed by atoms with E-state index >= 15 is 0 Å². The molecule has 1 aromatic heterocycles. The van der Waals surface area contributed by atoms with Crippen molar-refractivity contribution in [2.75, 3.05) is 40.4 Å².